The molecular formula is C13H18N4O3. The third-order valence-electron chi connectivity index (χ3n) is 4.22. The fourth-order valence-corrected chi connectivity index (χ4v) is 2.82. The quantitative estimate of drug-likeness (QED) is 0.737. The van der Waals surface area contributed by atoms with Gasteiger partial charge in [0.1, 0.15) is 23.5 Å². The predicted molar refractivity (Wildman–Crippen MR) is 71.9 cm³/mol. The summed E-state index contributed by atoms with van der Waals surface area (Å²) in [6, 6.07) is 3.74. The van der Waals surface area contributed by atoms with Crippen LogP contribution in [0.5, 0.6) is 0 Å². The van der Waals surface area contributed by atoms with Crippen molar-refractivity contribution < 1.29 is 14.9 Å². The fourth-order valence-electron chi connectivity index (χ4n) is 2.82. The summed E-state index contributed by atoms with van der Waals surface area (Å²) < 4.78 is 7.63. The molecule has 1 aliphatic heterocycles. The maximum atomic E-state index is 9.52. The van der Waals surface area contributed by atoms with Gasteiger partial charge in [0.2, 0.25) is 0 Å². The van der Waals surface area contributed by atoms with Crippen molar-refractivity contribution in [3.63, 3.8) is 0 Å². The van der Waals surface area contributed by atoms with Crippen LogP contribution in [0, 0.1) is 5.92 Å². The molecule has 0 unspecified atom stereocenters. The van der Waals surface area contributed by atoms with Gasteiger partial charge in [-0.2, -0.15) is 5.10 Å². The Hall–Kier alpha value is -1.70. The van der Waals surface area contributed by atoms with E-state index < -0.39 is 5.60 Å². The van der Waals surface area contributed by atoms with E-state index in [0.717, 1.165) is 11.2 Å². The standard InChI is InChI=1S/C13H18N4O3/c1-8-4-11(20-13(8,5-18)6-19)9-2-3-10-12(14)15-7-16-17(9)10/h2-3,7-8,11,18-19H,4-6H2,1H3,(H2,14,15,16)/t8-,11+/m0/s1. The van der Waals surface area contributed by atoms with E-state index >= 15 is 0 Å². The highest BCUT2D eigenvalue weighted by Gasteiger charge is 2.46. The molecule has 0 amide bonds. The first-order valence-corrected chi connectivity index (χ1v) is 6.59. The highest BCUT2D eigenvalue weighted by molar-refractivity contribution is 5.65. The van der Waals surface area contributed by atoms with Gasteiger partial charge in [0.05, 0.1) is 18.9 Å². The number of nitrogens with zero attached hydrogens (tertiary/aromatic N) is 3. The molecule has 1 fully saturated rings. The van der Waals surface area contributed by atoms with Gasteiger partial charge in [-0.15, -0.1) is 0 Å². The first-order valence-electron chi connectivity index (χ1n) is 6.59. The minimum atomic E-state index is -0.895. The molecule has 2 aromatic heterocycles. The van der Waals surface area contributed by atoms with Gasteiger partial charge in [-0.1, -0.05) is 6.92 Å². The lowest BCUT2D eigenvalue weighted by Gasteiger charge is -2.28. The van der Waals surface area contributed by atoms with Crippen LogP contribution in [-0.4, -0.2) is 43.6 Å². The van der Waals surface area contributed by atoms with Gasteiger partial charge in [-0.3, -0.25) is 0 Å². The molecule has 1 aliphatic rings. The van der Waals surface area contributed by atoms with Crippen molar-refractivity contribution in [2.24, 2.45) is 5.92 Å². The number of hydrogen-bond donors (Lipinski definition) is 3. The minimum absolute atomic E-state index is 0.0484. The summed E-state index contributed by atoms with van der Waals surface area (Å²) >= 11 is 0. The molecule has 20 heavy (non-hydrogen) atoms. The molecule has 7 nitrogen and oxygen atoms in total. The Balaban J connectivity index is 1.99. The Morgan fingerprint density at radius 3 is 2.85 bits per heavy atom. The van der Waals surface area contributed by atoms with Crippen molar-refractivity contribution in [2.45, 2.75) is 25.0 Å². The summed E-state index contributed by atoms with van der Waals surface area (Å²) in [4.78, 5) is 3.95. The second-order valence-corrected chi connectivity index (χ2v) is 5.32. The summed E-state index contributed by atoms with van der Waals surface area (Å²) in [5.74, 6) is 0.458. The number of nitrogens with two attached hydrogens (primary N) is 1. The molecule has 3 rings (SSSR count). The first kappa shape index (κ1) is 13.3. The maximum Gasteiger partial charge on any atom is 0.151 e. The van der Waals surface area contributed by atoms with Crippen LogP contribution in [0.2, 0.25) is 0 Å². The minimum Gasteiger partial charge on any atom is -0.393 e. The van der Waals surface area contributed by atoms with E-state index in [2.05, 4.69) is 10.1 Å². The van der Waals surface area contributed by atoms with Crippen LogP contribution >= 0.6 is 0 Å². The number of aliphatic hydroxyl groups excluding tert-OH is 2. The van der Waals surface area contributed by atoms with E-state index in [1.54, 1.807) is 4.52 Å². The molecule has 0 aromatic carbocycles. The summed E-state index contributed by atoms with van der Waals surface area (Å²) in [5, 5.41) is 23.2. The number of aliphatic hydroxyl groups is 2. The molecule has 3 heterocycles. The van der Waals surface area contributed by atoms with Crippen LogP contribution in [0.25, 0.3) is 5.52 Å². The average Bonchev–Trinajstić information content (AvgIpc) is 3.01. The maximum absolute atomic E-state index is 9.52. The Bertz CT molecular complexity index is 623. The van der Waals surface area contributed by atoms with E-state index in [1.807, 2.05) is 19.1 Å². The second kappa shape index (κ2) is 4.69. The van der Waals surface area contributed by atoms with Crippen molar-refractivity contribution in [3.05, 3.63) is 24.2 Å². The summed E-state index contributed by atoms with van der Waals surface area (Å²) in [6.07, 6.45) is 1.87. The molecule has 2 atom stereocenters. The summed E-state index contributed by atoms with van der Waals surface area (Å²) in [7, 11) is 0. The van der Waals surface area contributed by atoms with Crippen molar-refractivity contribution in [1.29, 1.82) is 0 Å². The molecule has 7 heteroatoms. The molecule has 0 saturated carbocycles. The number of fused-ring (bicyclic) bond motifs is 1. The molecule has 0 aliphatic carbocycles. The van der Waals surface area contributed by atoms with E-state index in [4.69, 9.17) is 10.5 Å². The van der Waals surface area contributed by atoms with Gasteiger partial charge in [0.25, 0.3) is 0 Å². The lowest BCUT2D eigenvalue weighted by Crippen LogP contribution is -2.42. The van der Waals surface area contributed by atoms with E-state index in [0.29, 0.717) is 12.2 Å². The van der Waals surface area contributed by atoms with Gasteiger partial charge in [0, 0.05) is 0 Å². The number of nitrogen functional groups attached to an aromatic ring is 1. The zero-order valence-corrected chi connectivity index (χ0v) is 11.2. The van der Waals surface area contributed by atoms with Crippen LogP contribution in [-0.2, 0) is 4.74 Å². The van der Waals surface area contributed by atoms with Gasteiger partial charge in [-0.05, 0) is 24.5 Å². The molecule has 0 bridgehead atoms. The first-order chi connectivity index (χ1) is 9.61. The Morgan fingerprint density at radius 1 is 1.45 bits per heavy atom. The number of hydrogen-bond acceptors (Lipinski definition) is 6. The lowest BCUT2D eigenvalue weighted by molar-refractivity contribution is -0.117. The Morgan fingerprint density at radius 2 is 2.20 bits per heavy atom. The molecule has 1 saturated heterocycles. The van der Waals surface area contributed by atoms with Crippen LogP contribution in [0.1, 0.15) is 25.1 Å². The van der Waals surface area contributed by atoms with Crippen LogP contribution in [0.15, 0.2) is 18.5 Å². The number of anilines is 1. The number of ether oxygens (including phenoxy) is 1. The van der Waals surface area contributed by atoms with Crippen LogP contribution in [0.3, 0.4) is 0 Å². The van der Waals surface area contributed by atoms with Gasteiger partial charge >= 0.3 is 0 Å². The Labute approximate surface area is 116 Å². The molecule has 2 aromatic rings. The third kappa shape index (κ3) is 1.78. The lowest BCUT2D eigenvalue weighted by atomic mass is 9.89. The third-order valence-corrected chi connectivity index (χ3v) is 4.22. The van der Waals surface area contributed by atoms with E-state index in [-0.39, 0.29) is 25.2 Å². The fraction of sp³-hybridized carbons (Fsp3) is 0.538. The monoisotopic (exact) mass is 278 g/mol. The molecule has 0 spiro atoms. The van der Waals surface area contributed by atoms with Crippen molar-refractivity contribution in [3.8, 4) is 0 Å². The summed E-state index contributed by atoms with van der Waals surface area (Å²) in [6.45, 7) is 1.55. The number of rotatable bonds is 3. The molecule has 0 radical (unpaired) electrons. The second-order valence-electron chi connectivity index (χ2n) is 5.32. The number of aromatic nitrogens is 3. The van der Waals surface area contributed by atoms with E-state index in [1.165, 1.54) is 6.33 Å². The SMILES string of the molecule is C[C@H]1C[C@H](c2ccc3c(N)ncnn23)OC1(CO)CO. The van der Waals surface area contributed by atoms with Gasteiger partial charge in [-0.25, -0.2) is 9.50 Å². The smallest absolute Gasteiger partial charge is 0.151 e. The molecular weight excluding hydrogens is 260 g/mol. The Kier molecular flexibility index (Phi) is 3.12. The summed E-state index contributed by atoms with van der Waals surface area (Å²) in [5.41, 5.74) is 6.49. The highest BCUT2D eigenvalue weighted by Crippen LogP contribution is 2.43. The molecule has 4 N–H and O–H groups in total. The largest absolute Gasteiger partial charge is 0.393 e. The zero-order valence-electron chi connectivity index (χ0n) is 11.2. The molecule has 108 valence electrons. The van der Waals surface area contributed by atoms with Crippen molar-refractivity contribution in [2.75, 3.05) is 18.9 Å². The van der Waals surface area contributed by atoms with Crippen molar-refractivity contribution in [1.82, 2.24) is 14.6 Å². The zero-order chi connectivity index (χ0) is 14.3. The average molecular weight is 278 g/mol. The van der Waals surface area contributed by atoms with E-state index in [9.17, 15) is 10.2 Å². The van der Waals surface area contributed by atoms with Crippen LogP contribution in [0.4, 0.5) is 5.82 Å². The normalized spacial score (nSPS) is 25.4. The van der Waals surface area contributed by atoms with Crippen LogP contribution < -0.4 is 5.73 Å². The predicted octanol–water partition coefficient (Wildman–Crippen LogP) is 0.132. The highest BCUT2D eigenvalue weighted by atomic mass is 16.5. The van der Waals surface area contributed by atoms with Gasteiger partial charge in [0.15, 0.2) is 5.82 Å². The topological polar surface area (TPSA) is 106 Å². The van der Waals surface area contributed by atoms with Crippen molar-refractivity contribution >= 4 is 11.3 Å². The van der Waals surface area contributed by atoms with Gasteiger partial charge < -0.3 is 20.7 Å².